The Kier molecular flexibility index (Phi) is 3.27. The van der Waals surface area contributed by atoms with Crippen molar-refractivity contribution >= 4 is 5.78 Å². The molecule has 1 heterocycles. The topological polar surface area (TPSA) is 39.2 Å². The van der Waals surface area contributed by atoms with Gasteiger partial charge in [-0.2, -0.15) is 0 Å². The van der Waals surface area contributed by atoms with E-state index in [-0.39, 0.29) is 5.78 Å². The lowest BCUT2D eigenvalue weighted by Crippen LogP contribution is -2.11. The van der Waals surface area contributed by atoms with Gasteiger partial charge >= 0.3 is 0 Å². The number of ketones is 1. The molecule has 3 heteroatoms. The largest absolute Gasteiger partial charge is 0.473 e. The molecular weight excluding hydrogens is 238 g/mol. The minimum absolute atomic E-state index is 0.198. The first kappa shape index (κ1) is 11.9. The van der Waals surface area contributed by atoms with Gasteiger partial charge in [-0.25, -0.2) is 4.98 Å². The van der Waals surface area contributed by atoms with Gasteiger partial charge in [0.05, 0.1) is 0 Å². The van der Waals surface area contributed by atoms with Gasteiger partial charge in [0.1, 0.15) is 6.61 Å². The van der Waals surface area contributed by atoms with Crippen LogP contribution in [0.15, 0.2) is 42.6 Å². The van der Waals surface area contributed by atoms with Crippen molar-refractivity contribution in [3.8, 4) is 5.88 Å². The highest BCUT2D eigenvalue weighted by molar-refractivity contribution is 5.98. The zero-order valence-electron chi connectivity index (χ0n) is 10.6. The van der Waals surface area contributed by atoms with E-state index >= 15 is 0 Å². The van der Waals surface area contributed by atoms with Gasteiger partial charge in [0.2, 0.25) is 5.88 Å². The van der Waals surface area contributed by atoms with Crippen LogP contribution in [0.2, 0.25) is 0 Å². The average molecular weight is 253 g/mol. The van der Waals surface area contributed by atoms with Gasteiger partial charge in [-0.3, -0.25) is 4.79 Å². The molecule has 0 saturated carbocycles. The van der Waals surface area contributed by atoms with Crippen molar-refractivity contribution in [3.63, 3.8) is 0 Å². The summed E-state index contributed by atoms with van der Waals surface area (Å²) < 4.78 is 5.67. The molecule has 0 aliphatic heterocycles. The lowest BCUT2D eigenvalue weighted by atomic mass is 9.92. The summed E-state index contributed by atoms with van der Waals surface area (Å²) in [5.41, 5.74) is 2.94. The molecule has 0 saturated heterocycles. The molecule has 1 aliphatic rings. The molecule has 0 spiro atoms. The van der Waals surface area contributed by atoms with Crippen molar-refractivity contribution in [3.05, 3.63) is 59.3 Å². The number of ether oxygens (including phenoxy) is 1. The van der Waals surface area contributed by atoms with Crippen LogP contribution in [-0.4, -0.2) is 10.8 Å². The number of pyridine rings is 1. The minimum Gasteiger partial charge on any atom is -0.473 e. The maximum atomic E-state index is 11.7. The molecule has 2 aromatic rings. The number of carbonyl (C=O) groups excluding carboxylic acids is 1. The molecule has 0 radical (unpaired) electrons. The molecule has 1 aromatic carbocycles. The maximum Gasteiger partial charge on any atom is 0.213 e. The van der Waals surface area contributed by atoms with Crippen molar-refractivity contribution in [2.45, 2.75) is 25.9 Å². The summed E-state index contributed by atoms with van der Waals surface area (Å²) in [6.07, 6.45) is 4.15. The van der Waals surface area contributed by atoms with Crippen LogP contribution in [0.5, 0.6) is 5.88 Å². The first-order chi connectivity index (χ1) is 9.33. The van der Waals surface area contributed by atoms with Crippen LogP contribution in [0.25, 0.3) is 0 Å². The fraction of sp³-hybridized carbons (Fsp3) is 0.250. The number of hydrogen-bond donors (Lipinski definition) is 0. The lowest BCUT2D eigenvalue weighted by Gasteiger charge is -2.15. The molecule has 0 fully saturated rings. The van der Waals surface area contributed by atoms with Crippen LogP contribution in [0.3, 0.4) is 0 Å². The normalized spacial score (nSPS) is 14.0. The number of carbonyl (C=O) groups is 1. The van der Waals surface area contributed by atoms with Gasteiger partial charge in [0.25, 0.3) is 0 Å². The van der Waals surface area contributed by atoms with Crippen molar-refractivity contribution in [1.29, 1.82) is 0 Å². The number of nitrogens with zero attached hydrogens (tertiary/aromatic N) is 1. The summed E-state index contributed by atoms with van der Waals surface area (Å²) in [5, 5.41) is 0. The van der Waals surface area contributed by atoms with E-state index in [1.807, 2.05) is 36.4 Å². The molecule has 0 atom stereocenters. The molecule has 1 aromatic heterocycles. The summed E-state index contributed by atoms with van der Waals surface area (Å²) in [6.45, 7) is 0.501. The number of Topliss-reactive ketones (excluding diaryl/α,β-unsaturated/α-hetero) is 1. The van der Waals surface area contributed by atoms with E-state index in [1.165, 1.54) is 0 Å². The van der Waals surface area contributed by atoms with E-state index in [0.29, 0.717) is 18.9 Å². The molecule has 1 aliphatic carbocycles. The first-order valence-corrected chi connectivity index (χ1v) is 6.52. The Bertz CT molecular complexity index is 593. The third-order valence-electron chi connectivity index (χ3n) is 3.34. The Morgan fingerprint density at radius 1 is 1.16 bits per heavy atom. The van der Waals surface area contributed by atoms with E-state index in [4.69, 9.17) is 4.74 Å². The van der Waals surface area contributed by atoms with E-state index < -0.39 is 0 Å². The molecule has 96 valence electrons. The molecule has 3 nitrogen and oxygen atoms in total. The molecular formula is C16H15NO2. The van der Waals surface area contributed by atoms with Crippen molar-refractivity contribution in [2.24, 2.45) is 0 Å². The first-order valence-electron chi connectivity index (χ1n) is 6.52. The quantitative estimate of drug-likeness (QED) is 0.843. The number of aryl methyl sites for hydroxylation is 1. The monoisotopic (exact) mass is 253 g/mol. The van der Waals surface area contributed by atoms with E-state index in [0.717, 1.165) is 29.5 Å². The van der Waals surface area contributed by atoms with E-state index in [1.54, 1.807) is 6.20 Å². The number of benzene rings is 1. The van der Waals surface area contributed by atoms with Crippen molar-refractivity contribution in [2.75, 3.05) is 0 Å². The second-order valence-corrected chi connectivity index (χ2v) is 4.73. The number of aromatic nitrogens is 1. The van der Waals surface area contributed by atoms with Gasteiger partial charge < -0.3 is 4.74 Å². The molecule has 19 heavy (non-hydrogen) atoms. The molecule has 0 amide bonds. The number of fused-ring (bicyclic) bond motifs is 1. The Morgan fingerprint density at radius 2 is 2.00 bits per heavy atom. The van der Waals surface area contributed by atoms with Crippen molar-refractivity contribution in [1.82, 2.24) is 4.98 Å². The summed E-state index contributed by atoms with van der Waals surface area (Å²) in [7, 11) is 0. The third-order valence-corrected chi connectivity index (χ3v) is 3.34. The second kappa shape index (κ2) is 5.22. The van der Waals surface area contributed by atoms with Crippen LogP contribution in [-0.2, 0) is 13.0 Å². The second-order valence-electron chi connectivity index (χ2n) is 4.73. The summed E-state index contributed by atoms with van der Waals surface area (Å²) in [4.78, 5) is 15.9. The molecule has 3 rings (SSSR count). The van der Waals surface area contributed by atoms with Crippen LogP contribution in [0.4, 0.5) is 0 Å². The maximum absolute atomic E-state index is 11.7. The van der Waals surface area contributed by atoms with E-state index in [9.17, 15) is 4.79 Å². The predicted molar refractivity (Wildman–Crippen MR) is 72.3 cm³/mol. The zero-order chi connectivity index (χ0) is 13.1. The molecule has 0 N–H and O–H groups in total. The average Bonchev–Trinajstić information content (AvgIpc) is 2.46. The highest BCUT2D eigenvalue weighted by Gasteiger charge is 2.18. The molecule has 0 unspecified atom stereocenters. The fourth-order valence-corrected chi connectivity index (χ4v) is 2.32. The van der Waals surface area contributed by atoms with Gasteiger partial charge in [-0.05, 0) is 24.0 Å². The van der Waals surface area contributed by atoms with E-state index in [2.05, 4.69) is 4.98 Å². The van der Waals surface area contributed by atoms with Gasteiger partial charge in [-0.15, -0.1) is 0 Å². The lowest BCUT2D eigenvalue weighted by molar-refractivity contribution is 0.0972. The number of hydrogen-bond acceptors (Lipinski definition) is 3. The van der Waals surface area contributed by atoms with Crippen molar-refractivity contribution < 1.29 is 9.53 Å². The zero-order valence-corrected chi connectivity index (χ0v) is 10.6. The Labute approximate surface area is 112 Å². The summed E-state index contributed by atoms with van der Waals surface area (Å²) in [5.74, 6) is 0.792. The van der Waals surface area contributed by atoms with Crippen LogP contribution < -0.4 is 4.74 Å². The third kappa shape index (κ3) is 2.65. The van der Waals surface area contributed by atoms with Crippen LogP contribution in [0, 0.1) is 0 Å². The SMILES string of the molecule is O=C1CCCc2cc(OCc3ccccc3)ncc21. The fourth-order valence-electron chi connectivity index (χ4n) is 2.32. The Hall–Kier alpha value is -2.16. The minimum atomic E-state index is 0.198. The predicted octanol–water partition coefficient (Wildman–Crippen LogP) is 3.18. The van der Waals surface area contributed by atoms with Crippen LogP contribution >= 0.6 is 0 Å². The van der Waals surface area contributed by atoms with Crippen LogP contribution in [0.1, 0.15) is 34.3 Å². The van der Waals surface area contributed by atoms with Gasteiger partial charge in [-0.1, -0.05) is 30.3 Å². The van der Waals surface area contributed by atoms with Gasteiger partial charge in [0.15, 0.2) is 5.78 Å². The highest BCUT2D eigenvalue weighted by atomic mass is 16.5. The Balaban J connectivity index is 1.74. The molecule has 0 bridgehead atoms. The number of rotatable bonds is 3. The highest BCUT2D eigenvalue weighted by Crippen LogP contribution is 2.23. The summed E-state index contributed by atoms with van der Waals surface area (Å²) in [6, 6.07) is 11.9. The summed E-state index contributed by atoms with van der Waals surface area (Å²) >= 11 is 0. The van der Waals surface area contributed by atoms with Gasteiger partial charge in [0, 0.05) is 24.2 Å². The smallest absolute Gasteiger partial charge is 0.213 e. The standard InChI is InChI=1S/C16H15NO2/c18-15-8-4-7-13-9-16(17-10-14(13)15)19-11-12-5-2-1-3-6-12/h1-3,5-6,9-10H,4,7-8,11H2. The Morgan fingerprint density at radius 3 is 2.84 bits per heavy atom.